The SMILES string of the molecule is Cc1cccc(N2C[C@H](C(=O)OCc3nnc(-c4ccccc4Cl)o3)CC2=O)c1C. The summed E-state index contributed by atoms with van der Waals surface area (Å²) in [5, 5.41) is 8.34. The second-order valence-corrected chi connectivity index (χ2v) is 7.62. The maximum Gasteiger partial charge on any atom is 0.311 e. The van der Waals surface area contributed by atoms with Gasteiger partial charge in [-0.15, -0.1) is 10.2 Å². The zero-order chi connectivity index (χ0) is 21.3. The molecule has 0 radical (unpaired) electrons. The van der Waals surface area contributed by atoms with Gasteiger partial charge >= 0.3 is 5.97 Å². The van der Waals surface area contributed by atoms with Crippen LogP contribution >= 0.6 is 11.6 Å². The largest absolute Gasteiger partial charge is 0.455 e. The molecule has 1 fully saturated rings. The van der Waals surface area contributed by atoms with Crippen LogP contribution in [0.4, 0.5) is 5.69 Å². The van der Waals surface area contributed by atoms with E-state index >= 15 is 0 Å². The zero-order valence-electron chi connectivity index (χ0n) is 16.6. The average molecular weight is 426 g/mol. The van der Waals surface area contributed by atoms with Crippen molar-refractivity contribution in [1.29, 1.82) is 0 Å². The fourth-order valence-electron chi connectivity index (χ4n) is 3.43. The summed E-state index contributed by atoms with van der Waals surface area (Å²) < 4.78 is 10.9. The van der Waals surface area contributed by atoms with E-state index in [-0.39, 0.29) is 37.3 Å². The summed E-state index contributed by atoms with van der Waals surface area (Å²) in [4.78, 5) is 26.6. The number of aryl methyl sites for hydroxylation is 1. The van der Waals surface area contributed by atoms with Gasteiger partial charge in [0.05, 0.1) is 16.5 Å². The Kier molecular flexibility index (Phi) is 5.55. The van der Waals surface area contributed by atoms with Crippen LogP contribution in [0, 0.1) is 19.8 Å². The van der Waals surface area contributed by atoms with Crippen molar-refractivity contribution in [3.63, 3.8) is 0 Å². The van der Waals surface area contributed by atoms with Crippen molar-refractivity contribution in [3.05, 3.63) is 64.5 Å². The molecule has 7 nitrogen and oxygen atoms in total. The third-order valence-corrected chi connectivity index (χ3v) is 5.56. The molecular weight excluding hydrogens is 406 g/mol. The van der Waals surface area contributed by atoms with Crippen molar-refractivity contribution < 1.29 is 18.7 Å². The summed E-state index contributed by atoms with van der Waals surface area (Å²) in [6.45, 7) is 4.09. The second kappa shape index (κ2) is 8.28. The topological polar surface area (TPSA) is 85.5 Å². The molecule has 4 rings (SSSR count). The number of rotatable bonds is 5. The van der Waals surface area contributed by atoms with Gasteiger partial charge in [0.2, 0.25) is 11.8 Å². The van der Waals surface area contributed by atoms with Gasteiger partial charge in [-0.05, 0) is 43.2 Å². The predicted octanol–water partition coefficient (Wildman–Crippen LogP) is 4.10. The first-order chi connectivity index (χ1) is 14.4. The third-order valence-electron chi connectivity index (χ3n) is 5.23. The number of hydrogen-bond donors (Lipinski definition) is 0. The van der Waals surface area contributed by atoms with E-state index < -0.39 is 11.9 Å². The Hall–Kier alpha value is -3.19. The number of halogens is 1. The number of carbonyl (C=O) groups is 2. The van der Waals surface area contributed by atoms with E-state index in [4.69, 9.17) is 20.8 Å². The van der Waals surface area contributed by atoms with Crippen molar-refractivity contribution in [2.24, 2.45) is 5.92 Å². The number of benzene rings is 2. The highest BCUT2D eigenvalue weighted by Gasteiger charge is 2.37. The highest BCUT2D eigenvalue weighted by atomic mass is 35.5. The maximum absolute atomic E-state index is 12.5. The minimum absolute atomic E-state index is 0.0931. The maximum atomic E-state index is 12.5. The van der Waals surface area contributed by atoms with Gasteiger partial charge in [-0.1, -0.05) is 35.9 Å². The number of nitrogens with zero attached hydrogens (tertiary/aromatic N) is 3. The van der Waals surface area contributed by atoms with Crippen LogP contribution in [0.2, 0.25) is 5.02 Å². The molecular formula is C22H20ClN3O4. The monoisotopic (exact) mass is 425 g/mol. The van der Waals surface area contributed by atoms with Crippen molar-refractivity contribution in [2.75, 3.05) is 11.4 Å². The highest BCUT2D eigenvalue weighted by Crippen LogP contribution is 2.30. The van der Waals surface area contributed by atoms with Crippen molar-refractivity contribution in [1.82, 2.24) is 10.2 Å². The molecule has 0 unspecified atom stereocenters. The summed E-state index contributed by atoms with van der Waals surface area (Å²) in [5.41, 5.74) is 3.56. The molecule has 8 heteroatoms. The van der Waals surface area contributed by atoms with Gasteiger partial charge in [-0.3, -0.25) is 9.59 Å². The van der Waals surface area contributed by atoms with Crippen LogP contribution in [0.1, 0.15) is 23.4 Å². The Labute approximate surface area is 178 Å². The predicted molar refractivity (Wildman–Crippen MR) is 111 cm³/mol. The Morgan fingerprint density at radius 1 is 1.20 bits per heavy atom. The zero-order valence-corrected chi connectivity index (χ0v) is 17.3. The molecule has 1 atom stereocenters. The Morgan fingerprint density at radius 2 is 2.00 bits per heavy atom. The van der Waals surface area contributed by atoms with Gasteiger partial charge < -0.3 is 14.1 Å². The fraction of sp³-hybridized carbons (Fsp3) is 0.273. The number of ether oxygens (including phenoxy) is 1. The molecule has 3 aromatic rings. The lowest BCUT2D eigenvalue weighted by Gasteiger charge is -2.20. The van der Waals surface area contributed by atoms with Crippen LogP contribution in [0.3, 0.4) is 0 Å². The molecule has 154 valence electrons. The molecule has 1 amide bonds. The van der Waals surface area contributed by atoms with Crippen molar-refractivity contribution >= 4 is 29.2 Å². The lowest BCUT2D eigenvalue weighted by molar-refractivity contribution is -0.150. The molecule has 0 N–H and O–H groups in total. The van der Waals surface area contributed by atoms with Crippen molar-refractivity contribution in [3.8, 4) is 11.5 Å². The van der Waals surface area contributed by atoms with Crippen LogP contribution in [0.25, 0.3) is 11.5 Å². The standard InChI is InChI=1S/C22H20ClN3O4/c1-13-6-5-9-18(14(13)2)26-11-15(10-20(26)27)22(28)29-12-19-24-25-21(30-19)16-7-3-4-8-17(16)23/h3-9,15H,10-12H2,1-2H3/t15-/m1/s1. The first kappa shape index (κ1) is 20.1. The van der Waals surface area contributed by atoms with Crippen LogP contribution in [-0.4, -0.2) is 28.6 Å². The van der Waals surface area contributed by atoms with E-state index in [9.17, 15) is 9.59 Å². The molecule has 1 aliphatic heterocycles. The Balaban J connectivity index is 1.39. The molecule has 0 bridgehead atoms. The summed E-state index contributed by atoms with van der Waals surface area (Å²) >= 11 is 6.13. The molecule has 0 saturated carbocycles. The second-order valence-electron chi connectivity index (χ2n) is 7.21. The Morgan fingerprint density at radius 3 is 2.80 bits per heavy atom. The van der Waals surface area contributed by atoms with E-state index in [0.717, 1.165) is 16.8 Å². The highest BCUT2D eigenvalue weighted by molar-refractivity contribution is 6.33. The molecule has 2 aromatic carbocycles. The first-order valence-corrected chi connectivity index (χ1v) is 9.92. The van der Waals surface area contributed by atoms with E-state index in [2.05, 4.69) is 10.2 Å². The van der Waals surface area contributed by atoms with Gasteiger partial charge in [0, 0.05) is 18.7 Å². The first-order valence-electron chi connectivity index (χ1n) is 9.54. The van der Waals surface area contributed by atoms with Crippen LogP contribution in [0.5, 0.6) is 0 Å². The molecule has 1 aliphatic rings. The van der Waals surface area contributed by atoms with Gasteiger partial charge in [-0.2, -0.15) is 0 Å². The van der Waals surface area contributed by atoms with Crippen LogP contribution < -0.4 is 4.90 Å². The van der Waals surface area contributed by atoms with E-state index in [0.29, 0.717) is 10.6 Å². The van der Waals surface area contributed by atoms with Gasteiger partial charge in [0.15, 0.2) is 6.61 Å². The number of amides is 1. The summed E-state index contributed by atoms with van der Waals surface area (Å²) in [7, 11) is 0. The minimum Gasteiger partial charge on any atom is -0.455 e. The third kappa shape index (κ3) is 3.93. The summed E-state index contributed by atoms with van der Waals surface area (Å²) in [6.07, 6.45) is 0.112. The number of hydrogen-bond acceptors (Lipinski definition) is 6. The lowest BCUT2D eigenvalue weighted by atomic mass is 10.1. The molecule has 0 aliphatic carbocycles. The Bertz CT molecular complexity index is 1110. The number of carbonyl (C=O) groups excluding carboxylic acids is 2. The molecule has 1 aromatic heterocycles. The minimum atomic E-state index is -0.539. The number of esters is 1. The van der Waals surface area contributed by atoms with Crippen molar-refractivity contribution in [2.45, 2.75) is 26.9 Å². The fourth-order valence-corrected chi connectivity index (χ4v) is 3.65. The summed E-state index contributed by atoms with van der Waals surface area (Å²) in [5.74, 6) is -0.681. The van der Waals surface area contributed by atoms with Crippen LogP contribution in [0.15, 0.2) is 46.9 Å². The van der Waals surface area contributed by atoms with Gasteiger partial charge in [-0.25, -0.2) is 0 Å². The van der Waals surface area contributed by atoms with E-state index in [1.54, 1.807) is 23.1 Å². The smallest absolute Gasteiger partial charge is 0.311 e. The summed E-state index contributed by atoms with van der Waals surface area (Å²) in [6, 6.07) is 12.9. The molecule has 1 saturated heterocycles. The van der Waals surface area contributed by atoms with E-state index in [1.807, 2.05) is 38.1 Å². The quantitative estimate of drug-likeness (QED) is 0.572. The normalized spacial score (nSPS) is 16.2. The number of anilines is 1. The molecule has 2 heterocycles. The van der Waals surface area contributed by atoms with E-state index in [1.165, 1.54) is 0 Å². The lowest BCUT2D eigenvalue weighted by Crippen LogP contribution is -2.27. The van der Waals surface area contributed by atoms with Gasteiger partial charge in [0.1, 0.15) is 0 Å². The molecule has 30 heavy (non-hydrogen) atoms. The van der Waals surface area contributed by atoms with Gasteiger partial charge in [0.25, 0.3) is 5.89 Å². The number of aromatic nitrogens is 2. The van der Waals surface area contributed by atoms with Crippen LogP contribution in [-0.2, 0) is 20.9 Å². The molecule has 0 spiro atoms. The average Bonchev–Trinajstić information content (AvgIpc) is 3.35.